The molecule has 0 aliphatic carbocycles. The molecule has 0 amide bonds. The largest absolute Gasteiger partial charge is 0.365 e. The summed E-state index contributed by atoms with van der Waals surface area (Å²) in [5, 5.41) is 0. The second-order valence-corrected chi connectivity index (χ2v) is 3.24. The number of nitrogens with two attached hydrogens (primary N) is 1. The smallest absolute Gasteiger partial charge is 0.0946 e. The van der Waals surface area contributed by atoms with E-state index in [0.717, 1.165) is 18.1 Å². The molecule has 0 aromatic carbocycles. The molecule has 66 valence electrons. The highest BCUT2D eigenvalue weighted by Crippen LogP contribution is 2.09. The summed E-state index contributed by atoms with van der Waals surface area (Å²) in [4.78, 5) is 3.14. The van der Waals surface area contributed by atoms with Gasteiger partial charge >= 0.3 is 0 Å². The molecule has 4 heteroatoms. The van der Waals surface area contributed by atoms with E-state index in [1.807, 2.05) is 6.92 Å². The van der Waals surface area contributed by atoms with Gasteiger partial charge in [0.05, 0.1) is 11.0 Å². The van der Waals surface area contributed by atoms with Crippen molar-refractivity contribution in [1.82, 2.24) is 4.90 Å². The molecule has 0 aromatic rings. The maximum Gasteiger partial charge on any atom is 0.0946 e. The van der Waals surface area contributed by atoms with E-state index in [9.17, 15) is 0 Å². The molecule has 2 N–H and O–H groups in total. The van der Waals surface area contributed by atoms with Gasteiger partial charge in [-0.1, -0.05) is 12.2 Å². The lowest BCUT2D eigenvalue weighted by Crippen LogP contribution is -2.38. The molecule has 1 rings (SSSR count). The molecule has 0 spiro atoms. The maximum atomic E-state index is 5.63. The molecule has 1 saturated heterocycles. The lowest BCUT2D eigenvalue weighted by Gasteiger charge is -2.20. The molecule has 1 aliphatic heterocycles. The van der Waals surface area contributed by atoms with Crippen LogP contribution in [0.25, 0.3) is 0 Å². The van der Waals surface area contributed by atoms with E-state index in [1.165, 1.54) is 12.8 Å². The topological polar surface area (TPSA) is 29.3 Å². The van der Waals surface area contributed by atoms with Gasteiger partial charge in [0.15, 0.2) is 0 Å². The van der Waals surface area contributed by atoms with Crippen molar-refractivity contribution in [3.8, 4) is 0 Å². The predicted molar refractivity (Wildman–Crippen MR) is 54.3 cm³/mol. The average molecular weight is 195 g/mol. The number of halogens is 1. The zero-order chi connectivity index (χ0) is 7.56. The maximum absolute atomic E-state index is 5.63. The Kier molecular flexibility index (Phi) is 4.97. The van der Waals surface area contributed by atoms with E-state index in [4.69, 9.17) is 18.0 Å². The summed E-state index contributed by atoms with van der Waals surface area (Å²) in [6, 6.07) is 0.0492. The van der Waals surface area contributed by atoms with Gasteiger partial charge in [-0.3, -0.25) is 0 Å². The monoisotopic (exact) mass is 194 g/mol. The number of nitrogens with zero attached hydrogens (tertiary/aromatic N) is 1. The van der Waals surface area contributed by atoms with E-state index in [-0.39, 0.29) is 18.4 Å². The van der Waals surface area contributed by atoms with Crippen LogP contribution < -0.4 is 5.73 Å². The Morgan fingerprint density at radius 3 is 2.27 bits per heavy atom. The summed E-state index contributed by atoms with van der Waals surface area (Å²) in [5.74, 6) is 0. The second-order valence-electron chi connectivity index (χ2n) is 2.82. The van der Waals surface area contributed by atoms with Gasteiger partial charge in [0, 0.05) is 13.1 Å². The lowest BCUT2D eigenvalue weighted by molar-refractivity contribution is 0.511. The van der Waals surface area contributed by atoms with E-state index >= 15 is 0 Å². The van der Waals surface area contributed by atoms with Crippen molar-refractivity contribution < 1.29 is 0 Å². The van der Waals surface area contributed by atoms with Crippen molar-refractivity contribution in [2.45, 2.75) is 25.8 Å². The first kappa shape index (κ1) is 11.1. The Morgan fingerprint density at radius 2 is 1.91 bits per heavy atom. The zero-order valence-electron chi connectivity index (χ0n) is 6.75. The molecule has 0 radical (unpaired) electrons. The van der Waals surface area contributed by atoms with Crippen LogP contribution in [0.2, 0.25) is 0 Å². The van der Waals surface area contributed by atoms with Crippen LogP contribution in [0, 0.1) is 0 Å². The molecule has 1 atom stereocenters. The third kappa shape index (κ3) is 2.93. The zero-order valence-corrected chi connectivity index (χ0v) is 8.38. The molecule has 0 saturated carbocycles. The van der Waals surface area contributed by atoms with Crippen LogP contribution in [0.4, 0.5) is 0 Å². The molecule has 1 fully saturated rings. The van der Waals surface area contributed by atoms with Gasteiger partial charge in [-0.2, -0.15) is 0 Å². The van der Waals surface area contributed by atoms with Crippen molar-refractivity contribution >= 4 is 29.6 Å². The fourth-order valence-electron chi connectivity index (χ4n) is 1.23. The third-order valence-electron chi connectivity index (χ3n) is 1.81. The van der Waals surface area contributed by atoms with Gasteiger partial charge in [-0.25, -0.2) is 0 Å². The van der Waals surface area contributed by atoms with Crippen LogP contribution >= 0.6 is 24.6 Å². The van der Waals surface area contributed by atoms with Crippen LogP contribution in [-0.4, -0.2) is 29.0 Å². The first-order chi connectivity index (χ1) is 4.72. The quantitative estimate of drug-likeness (QED) is 0.636. The average Bonchev–Trinajstić information content (AvgIpc) is 2.36. The minimum Gasteiger partial charge on any atom is -0.365 e. The molecule has 0 aromatic heterocycles. The summed E-state index contributed by atoms with van der Waals surface area (Å²) in [7, 11) is 0. The number of likely N-dealkylation sites (tertiary alicyclic amines) is 1. The SMILES string of the molecule is C[C@H](N)C(=S)N1CCCC1.Cl. The van der Waals surface area contributed by atoms with Crippen molar-refractivity contribution in [3.05, 3.63) is 0 Å². The molecular formula is C7H15ClN2S. The lowest BCUT2D eigenvalue weighted by atomic mass is 10.3. The van der Waals surface area contributed by atoms with Crippen LogP contribution in [-0.2, 0) is 0 Å². The van der Waals surface area contributed by atoms with Gasteiger partial charge in [0.2, 0.25) is 0 Å². The predicted octanol–water partition coefficient (Wildman–Crippen LogP) is 1.18. The highest BCUT2D eigenvalue weighted by Gasteiger charge is 2.16. The minimum absolute atomic E-state index is 0. The molecule has 0 unspecified atom stereocenters. The van der Waals surface area contributed by atoms with E-state index in [1.54, 1.807) is 0 Å². The Bertz CT molecular complexity index is 132. The highest BCUT2D eigenvalue weighted by atomic mass is 35.5. The van der Waals surface area contributed by atoms with Crippen LogP contribution in [0.5, 0.6) is 0 Å². The molecule has 1 aliphatic rings. The fraction of sp³-hybridized carbons (Fsp3) is 0.857. The van der Waals surface area contributed by atoms with Crippen LogP contribution in [0.15, 0.2) is 0 Å². The summed E-state index contributed by atoms with van der Waals surface area (Å²) >= 11 is 5.14. The first-order valence-corrected chi connectivity index (χ1v) is 4.17. The van der Waals surface area contributed by atoms with E-state index < -0.39 is 0 Å². The normalized spacial score (nSPS) is 19.3. The highest BCUT2D eigenvalue weighted by molar-refractivity contribution is 7.80. The van der Waals surface area contributed by atoms with Gasteiger partial charge in [-0.15, -0.1) is 12.4 Å². The molecule has 0 bridgehead atoms. The summed E-state index contributed by atoms with van der Waals surface area (Å²) < 4.78 is 0. The standard InChI is InChI=1S/C7H14N2S.ClH/c1-6(8)7(10)9-4-2-3-5-9;/h6H,2-5,8H2,1H3;1H/t6-;/m0./s1. The fourth-order valence-corrected chi connectivity index (χ4v) is 1.41. The van der Waals surface area contributed by atoms with E-state index in [2.05, 4.69) is 4.90 Å². The van der Waals surface area contributed by atoms with Crippen molar-refractivity contribution in [2.24, 2.45) is 5.73 Å². The molecule has 11 heavy (non-hydrogen) atoms. The summed E-state index contributed by atoms with van der Waals surface area (Å²) in [5.41, 5.74) is 5.63. The Balaban J connectivity index is 0.000001000. The number of rotatable bonds is 1. The van der Waals surface area contributed by atoms with Crippen LogP contribution in [0.1, 0.15) is 19.8 Å². The number of hydrogen-bond acceptors (Lipinski definition) is 2. The van der Waals surface area contributed by atoms with Gasteiger partial charge in [-0.05, 0) is 19.8 Å². The Labute approximate surface area is 79.5 Å². The van der Waals surface area contributed by atoms with Crippen molar-refractivity contribution in [1.29, 1.82) is 0 Å². The van der Waals surface area contributed by atoms with Crippen LogP contribution in [0.3, 0.4) is 0 Å². The first-order valence-electron chi connectivity index (χ1n) is 3.76. The Morgan fingerprint density at radius 1 is 1.45 bits per heavy atom. The molecular weight excluding hydrogens is 180 g/mol. The van der Waals surface area contributed by atoms with Gasteiger partial charge in [0.1, 0.15) is 0 Å². The minimum atomic E-state index is 0. The number of thiocarbonyl (C=S) groups is 1. The molecule has 2 nitrogen and oxygen atoms in total. The summed E-state index contributed by atoms with van der Waals surface area (Å²) in [6.45, 7) is 4.17. The van der Waals surface area contributed by atoms with Gasteiger partial charge in [0.25, 0.3) is 0 Å². The van der Waals surface area contributed by atoms with Crippen molar-refractivity contribution in [2.75, 3.05) is 13.1 Å². The molecule has 1 heterocycles. The van der Waals surface area contributed by atoms with Gasteiger partial charge < -0.3 is 10.6 Å². The van der Waals surface area contributed by atoms with E-state index in [0.29, 0.717) is 0 Å². The summed E-state index contributed by atoms with van der Waals surface area (Å²) in [6.07, 6.45) is 2.54. The van der Waals surface area contributed by atoms with Crippen molar-refractivity contribution in [3.63, 3.8) is 0 Å². The third-order valence-corrected chi connectivity index (χ3v) is 2.44. The second kappa shape index (κ2) is 4.91. The number of hydrogen-bond donors (Lipinski definition) is 1. The Hall–Kier alpha value is 0.140.